The van der Waals surface area contributed by atoms with Crippen LogP contribution in [0.25, 0.3) is 10.9 Å². The summed E-state index contributed by atoms with van der Waals surface area (Å²) < 4.78 is 40.2. The van der Waals surface area contributed by atoms with Gasteiger partial charge in [-0.3, -0.25) is 9.59 Å². The van der Waals surface area contributed by atoms with Crippen LogP contribution in [0.2, 0.25) is 0 Å². The highest BCUT2D eigenvalue weighted by Gasteiger charge is 2.39. The molecule has 0 aliphatic carbocycles. The van der Waals surface area contributed by atoms with E-state index in [4.69, 9.17) is 0 Å². The number of benzene rings is 2. The van der Waals surface area contributed by atoms with Crippen LogP contribution in [0.4, 0.5) is 24.5 Å². The summed E-state index contributed by atoms with van der Waals surface area (Å²) in [5.74, 6) is -0.748. The van der Waals surface area contributed by atoms with Gasteiger partial charge in [0.2, 0.25) is 5.43 Å². The Bertz CT molecular complexity index is 1260. The van der Waals surface area contributed by atoms with Gasteiger partial charge in [-0.1, -0.05) is 6.07 Å². The van der Waals surface area contributed by atoms with Gasteiger partial charge in [0.1, 0.15) is 5.56 Å². The number of nitrogens with zero attached hydrogens (tertiary/aromatic N) is 1. The van der Waals surface area contributed by atoms with Crippen LogP contribution in [0.1, 0.15) is 47.2 Å². The lowest BCUT2D eigenvalue weighted by Gasteiger charge is -2.25. The Morgan fingerprint density at radius 1 is 1.09 bits per heavy atom. The van der Waals surface area contributed by atoms with E-state index in [-0.39, 0.29) is 11.1 Å². The summed E-state index contributed by atoms with van der Waals surface area (Å²) in [6.07, 6.45) is 1.26. The van der Waals surface area contributed by atoms with Crippen molar-refractivity contribution in [1.82, 2.24) is 4.98 Å². The molecule has 5 nitrogen and oxygen atoms in total. The van der Waals surface area contributed by atoms with Gasteiger partial charge in [0.05, 0.1) is 10.9 Å². The van der Waals surface area contributed by atoms with Gasteiger partial charge in [0.15, 0.2) is 0 Å². The van der Waals surface area contributed by atoms with Crippen molar-refractivity contribution >= 4 is 28.2 Å². The number of nitrogens with one attached hydrogen (secondary N) is 2. The predicted molar refractivity (Wildman–Crippen MR) is 117 cm³/mol. The van der Waals surface area contributed by atoms with Crippen molar-refractivity contribution in [2.75, 3.05) is 10.2 Å². The highest BCUT2D eigenvalue weighted by Crippen LogP contribution is 2.41. The minimum Gasteiger partial charge on any atom is -0.366 e. The maximum Gasteiger partial charge on any atom is 0.417 e. The molecule has 166 valence electrons. The second-order valence-electron chi connectivity index (χ2n) is 8.58. The molecular weight excluding hydrogens is 419 g/mol. The number of carbonyl (C=O) groups is 1. The Morgan fingerprint density at radius 2 is 1.78 bits per heavy atom. The van der Waals surface area contributed by atoms with Gasteiger partial charge >= 0.3 is 6.18 Å². The first-order valence-electron chi connectivity index (χ1n) is 10.7. The third kappa shape index (κ3) is 3.34. The molecule has 0 radical (unpaired) electrons. The number of aromatic nitrogens is 1. The predicted octanol–water partition coefficient (Wildman–Crippen LogP) is 5.24. The van der Waals surface area contributed by atoms with Crippen molar-refractivity contribution in [3.63, 3.8) is 0 Å². The zero-order valence-corrected chi connectivity index (χ0v) is 17.4. The van der Waals surface area contributed by atoms with Gasteiger partial charge < -0.3 is 15.2 Å². The summed E-state index contributed by atoms with van der Waals surface area (Å²) in [5.41, 5.74) is 0.115. The van der Waals surface area contributed by atoms with Crippen LogP contribution in [0, 0.1) is 6.92 Å². The van der Waals surface area contributed by atoms with Crippen molar-refractivity contribution in [3.05, 3.63) is 69.5 Å². The highest BCUT2D eigenvalue weighted by molar-refractivity contribution is 6.06. The van der Waals surface area contributed by atoms with E-state index in [0.717, 1.165) is 23.5 Å². The fraction of sp³-hybridized carbons (Fsp3) is 0.333. The minimum absolute atomic E-state index is 0.0298. The second-order valence-corrected chi connectivity index (χ2v) is 8.58. The fourth-order valence-electron chi connectivity index (χ4n) is 5.14. The number of hydrogen-bond donors (Lipinski definition) is 2. The Labute approximate surface area is 182 Å². The zero-order valence-electron chi connectivity index (χ0n) is 17.4. The normalized spacial score (nSPS) is 20.2. The first-order valence-corrected chi connectivity index (χ1v) is 10.7. The zero-order chi connectivity index (χ0) is 22.6. The first-order chi connectivity index (χ1) is 15.2. The van der Waals surface area contributed by atoms with Crippen molar-refractivity contribution in [2.45, 2.75) is 50.9 Å². The number of pyridine rings is 1. The lowest BCUT2D eigenvalue weighted by atomic mass is 10.0. The lowest BCUT2D eigenvalue weighted by Crippen LogP contribution is -2.28. The van der Waals surface area contributed by atoms with Crippen LogP contribution in [0.15, 0.2) is 47.4 Å². The van der Waals surface area contributed by atoms with Gasteiger partial charge in [0, 0.05) is 35.2 Å². The SMILES string of the molecule is Cc1cc(N2C3CCC2CC3)ccc1NC(=O)c1c[nH]c2cccc(C(F)(F)F)c2c1=O. The molecule has 1 amide bonds. The van der Waals surface area contributed by atoms with E-state index in [0.29, 0.717) is 17.8 Å². The number of aryl methyl sites for hydroxylation is 1. The molecule has 2 fully saturated rings. The molecule has 2 aliphatic rings. The van der Waals surface area contributed by atoms with Gasteiger partial charge in [-0.25, -0.2) is 0 Å². The Balaban J connectivity index is 1.45. The van der Waals surface area contributed by atoms with E-state index in [9.17, 15) is 22.8 Å². The van der Waals surface area contributed by atoms with Crippen LogP contribution < -0.4 is 15.6 Å². The van der Waals surface area contributed by atoms with Crippen LogP contribution in [-0.2, 0) is 6.18 Å². The van der Waals surface area contributed by atoms with E-state index in [2.05, 4.69) is 15.2 Å². The lowest BCUT2D eigenvalue weighted by molar-refractivity contribution is -0.136. The standard InChI is InChI=1S/C24H22F3N3O2/c1-13-11-16(30-14-5-6-15(30)8-7-14)9-10-19(13)29-23(32)17-12-28-20-4-2-3-18(24(25,26)27)21(20)22(17)31/h2-4,9-12,14-15H,5-8H2,1H3,(H,28,31)(H,29,32). The number of anilines is 2. The maximum atomic E-state index is 13.4. The molecule has 2 N–H and O–H groups in total. The van der Waals surface area contributed by atoms with E-state index < -0.39 is 28.5 Å². The molecule has 2 saturated heterocycles. The average molecular weight is 441 g/mol. The summed E-state index contributed by atoms with van der Waals surface area (Å²) in [7, 11) is 0. The molecule has 8 heteroatoms. The number of rotatable bonds is 3. The number of carbonyl (C=O) groups excluding carboxylic acids is 1. The van der Waals surface area contributed by atoms with Gasteiger partial charge in [0.25, 0.3) is 5.91 Å². The molecule has 0 spiro atoms. The Morgan fingerprint density at radius 3 is 2.41 bits per heavy atom. The summed E-state index contributed by atoms with van der Waals surface area (Å²) in [6.45, 7) is 1.86. The van der Waals surface area contributed by atoms with Gasteiger partial charge in [-0.15, -0.1) is 0 Å². The Kier molecular flexibility index (Phi) is 4.76. The third-order valence-electron chi connectivity index (χ3n) is 6.67. The summed E-state index contributed by atoms with van der Waals surface area (Å²) in [5, 5.41) is 2.15. The largest absolute Gasteiger partial charge is 0.417 e. The molecule has 2 aliphatic heterocycles. The minimum atomic E-state index is -4.71. The van der Waals surface area contributed by atoms with E-state index >= 15 is 0 Å². The van der Waals surface area contributed by atoms with Crippen molar-refractivity contribution in [1.29, 1.82) is 0 Å². The van der Waals surface area contributed by atoms with E-state index in [1.165, 1.54) is 37.8 Å². The smallest absolute Gasteiger partial charge is 0.366 e. The number of hydrogen-bond acceptors (Lipinski definition) is 3. The second kappa shape index (κ2) is 7.39. The van der Waals surface area contributed by atoms with Crippen molar-refractivity contribution < 1.29 is 18.0 Å². The van der Waals surface area contributed by atoms with Gasteiger partial charge in [-0.2, -0.15) is 13.2 Å². The quantitative estimate of drug-likeness (QED) is 0.584. The number of fused-ring (bicyclic) bond motifs is 3. The average Bonchev–Trinajstić information content (AvgIpc) is 3.35. The molecule has 0 unspecified atom stereocenters. The number of amides is 1. The maximum absolute atomic E-state index is 13.4. The van der Waals surface area contributed by atoms with Crippen LogP contribution >= 0.6 is 0 Å². The Hall–Kier alpha value is -3.29. The molecule has 3 aromatic rings. The number of aromatic amines is 1. The molecule has 1 aromatic heterocycles. The first kappa shape index (κ1) is 20.6. The van der Waals surface area contributed by atoms with E-state index in [1.54, 1.807) is 6.07 Å². The highest BCUT2D eigenvalue weighted by atomic mass is 19.4. The molecule has 5 rings (SSSR count). The number of alkyl halides is 3. The monoisotopic (exact) mass is 441 g/mol. The number of halogens is 3. The van der Waals surface area contributed by atoms with Gasteiger partial charge in [-0.05, 0) is 68.5 Å². The number of H-pyrrole nitrogens is 1. The van der Waals surface area contributed by atoms with Crippen LogP contribution in [-0.4, -0.2) is 23.0 Å². The summed E-state index contributed by atoms with van der Waals surface area (Å²) in [4.78, 5) is 30.8. The molecule has 32 heavy (non-hydrogen) atoms. The third-order valence-corrected chi connectivity index (χ3v) is 6.67. The molecular formula is C24H22F3N3O2. The topological polar surface area (TPSA) is 65.2 Å². The summed E-state index contributed by atoms with van der Waals surface area (Å²) >= 11 is 0. The molecule has 2 bridgehead atoms. The van der Waals surface area contributed by atoms with Crippen molar-refractivity contribution in [3.8, 4) is 0 Å². The fourth-order valence-corrected chi connectivity index (χ4v) is 5.14. The van der Waals surface area contributed by atoms with Crippen LogP contribution in [0.3, 0.4) is 0 Å². The summed E-state index contributed by atoms with van der Waals surface area (Å²) in [6, 6.07) is 10.3. The van der Waals surface area contributed by atoms with E-state index in [1.807, 2.05) is 19.1 Å². The molecule has 2 aromatic carbocycles. The van der Waals surface area contributed by atoms with Crippen molar-refractivity contribution in [2.24, 2.45) is 0 Å². The molecule has 3 heterocycles. The molecule has 0 atom stereocenters. The van der Waals surface area contributed by atoms with Crippen LogP contribution in [0.5, 0.6) is 0 Å². The molecule has 0 saturated carbocycles.